The number of nitrogens with zero attached hydrogens (tertiary/aromatic N) is 1. The van der Waals surface area contributed by atoms with Crippen molar-refractivity contribution in [1.82, 2.24) is 0 Å². The van der Waals surface area contributed by atoms with Crippen LogP contribution in [-0.4, -0.2) is 19.3 Å². The molecule has 0 fully saturated rings. The number of benzene rings is 1. The van der Waals surface area contributed by atoms with Gasteiger partial charge in [-0.2, -0.15) is 0 Å². The summed E-state index contributed by atoms with van der Waals surface area (Å²) in [5.74, 6) is 0.310. The highest BCUT2D eigenvalue weighted by Gasteiger charge is 2.12. The monoisotopic (exact) mass is 247 g/mol. The second kappa shape index (κ2) is 6.34. The molecular formula is C15H21NO2. The molecule has 0 heterocycles. The van der Waals surface area contributed by atoms with E-state index in [0.29, 0.717) is 11.8 Å². The van der Waals surface area contributed by atoms with Crippen molar-refractivity contribution >= 4 is 17.9 Å². The van der Waals surface area contributed by atoms with Gasteiger partial charge in [-0.05, 0) is 23.0 Å². The SMILES string of the molecule is COC(=O)C=Nc1c(C(C)C)cccc1C(C)C. The Morgan fingerprint density at radius 2 is 1.67 bits per heavy atom. The first-order chi connectivity index (χ1) is 8.47. The third-order valence-electron chi connectivity index (χ3n) is 2.84. The lowest BCUT2D eigenvalue weighted by molar-refractivity contribution is -0.132. The van der Waals surface area contributed by atoms with Gasteiger partial charge in [-0.25, -0.2) is 9.79 Å². The average molecular weight is 247 g/mol. The maximum Gasteiger partial charge on any atom is 0.349 e. The van der Waals surface area contributed by atoms with E-state index in [1.807, 2.05) is 6.07 Å². The summed E-state index contributed by atoms with van der Waals surface area (Å²) < 4.78 is 4.58. The van der Waals surface area contributed by atoms with Crippen molar-refractivity contribution in [2.45, 2.75) is 39.5 Å². The molecule has 1 aromatic carbocycles. The van der Waals surface area contributed by atoms with Crippen LogP contribution in [0.5, 0.6) is 0 Å². The molecule has 0 aromatic heterocycles. The van der Waals surface area contributed by atoms with E-state index in [0.717, 1.165) is 16.8 Å². The van der Waals surface area contributed by atoms with Crippen LogP contribution in [0.1, 0.15) is 50.7 Å². The van der Waals surface area contributed by atoms with Gasteiger partial charge in [-0.1, -0.05) is 45.9 Å². The van der Waals surface area contributed by atoms with E-state index in [1.165, 1.54) is 13.3 Å². The summed E-state index contributed by atoms with van der Waals surface area (Å²) in [7, 11) is 1.35. The highest BCUT2D eigenvalue weighted by molar-refractivity contribution is 6.23. The zero-order valence-electron chi connectivity index (χ0n) is 11.7. The first-order valence-corrected chi connectivity index (χ1v) is 6.22. The zero-order chi connectivity index (χ0) is 13.7. The number of hydrogen-bond donors (Lipinski definition) is 0. The molecule has 18 heavy (non-hydrogen) atoms. The first kappa shape index (κ1) is 14.4. The molecule has 1 rings (SSSR count). The molecule has 0 bridgehead atoms. The Morgan fingerprint density at radius 1 is 1.17 bits per heavy atom. The van der Waals surface area contributed by atoms with E-state index in [9.17, 15) is 4.79 Å². The largest absolute Gasteiger partial charge is 0.465 e. The molecule has 3 heteroatoms. The molecule has 0 aliphatic carbocycles. The summed E-state index contributed by atoms with van der Waals surface area (Å²) in [4.78, 5) is 15.5. The lowest BCUT2D eigenvalue weighted by Crippen LogP contribution is -2.02. The standard InChI is InChI=1S/C15H21NO2/c1-10(2)12-7-6-8-13(11(3)4)15(12)16-9-14(17)18-5/h6-11H,1-5H3. The summed E-state index contributed by atoms with van der Waals surface area (Å²) in [6.45, 7) is 8.49. The van der Waals surface area contributed by atoms with E-state index < -0.39 is 5.97 Å². The molecule has 3 nitrogen and oxygen atoms in total. The molecule has 1 aromatic rings. The van der Waals surface area contributed by atoms with Crippen molar-refractivity contribution in [3.05, 3.63) is 29.3 Å². The lowest BCUT2D eigenvalue weighted by atomic mass is 9.93. The zero-order valence-corrected chi connectivity index (χ0v) is 11.7. The summed E-state index contributed by atoms with van der Waals surface area (Å²) in [5, 5.41) is 0. The number of rotatable bonds is 4. The topological polar surface area (TPSA) is 38.7 Å². The van der Waals surface area contributed by atoms with Crippen LogP contribution in [0.15, 0.2) is 23.2 Å². The molecule has 0 saturated heterocycles. The second-order valence-corrected chi connectivity index (χ2v) is 4.88. The van der Waals surface area contributed by atoms with E-state index in [2.05, 4.69) is 49.6 Å². The molecule has 0 amide bonds. The fourth-order valence-corrected chi connectivity index (χ4v) is 1.83. The van der Waals surface area contributed by atoms with Crippen LogP contribution >= 0.6 is 0 Å². The first-order valence-electron chi connectivity index (χ1n) is 6.22. The van der Waals surface area contributed by atoms with Gasteiger partial charge in [0.25, 0.3) is 0 Å². The van der Waals surface area contributed by atoms with Crippen LogP contribution in [0.4, 0.5) is 5.69 Å². The highest BCUT2D eigenvalue weighted by Crippen LogP contribution is 2.34. The molecule has 0 radical (unpaired) electrons. The Labute approximate surface area is 109 Å². The van der Waals surface area contributed by atoms with Crippen LogP contribution in [0.3, 0.4) is 0 Å². The second-order valence-electron chi connectivity index (χ2n) is 4.88. The molecular weight excluding hydrogens is 226 g/mol. The van der Waals surface area contributed by atoms with Gasteiger partial charge in [-0.3, -0.25) is 0 Å². The fourth-order valence-electron chi connectivity index (χ4n) is 1.83. The van der Waals surface area contributed by atoms with Crippen molar-refractivity contribution in [3.8, 4) is 0 Å². The molecule has 0 spiro atoms. The summed E-state index contributed by atoms with van der Waals surface area (Å²) >= 11 is 0. The van der Waals surface area contributed by atoms with Crippen LogP contribution in [0, 0.1) is 0 Å². The van der Waals surface area contributed by atoms with Crippen molar-refractivity contribution in [2.24, 2.45) is 4.99 Å². The van der Waals surface area contributed by atoms with E-state index in [-0.39, 0.29) is 0 Å². The Bertz CT molecular complexity index is 422. The molecule has 0 unspecified atom stereocenters. The van der Waals surface area contributed by atoms with E-state index >= 15 is 0 Å². The minimum Gasteiger partial charge on any atom is -0.465 e. The van der Waals surface area contributed by atoms with Crippen molar-refractivity contribution in [3.63, 3.8) is 0 Å². The highest BCUT2D eigenvalue weighted by atomic mass is 16.5. The van der Waals surface area contributed by atoms with E-state index in [4.69, 9.17) is 0 Å². The van der Waals surface area contributed by atoms with Gasteiger partial charge in [-0.15, -0.1) is 0 Å². The number of carbonyl (C=O) groups is 1. The van der Waals surface area contributed by atoms with Gasteiger partial charge < -0.3 is 4.74 Å². The molecule has 0 aliphatic heterocycles. The normalized spacial score (nSPS) is 11.5. The minimum absolute atomic E-state index is 0.369. The van der Waals surface area contributed by atoms with Crippen LogP contribution in [0.25, 0.3) is 0 Å². The van der Waals surface area contributed by atoms with Gasteiger partial charge in [0.2, 0.25) is 0 Å². The fraction of sp³-hybridized carbons (Fsp3) is 0.467. The molecule has 98 valence electrons. The molecule has 0 saturated carbocycles. The smallest absolute Gasteiger partial charge is 0.349 e. The van der Waals surface area contributed by atoms with Crippen molar-refractivity contribution in [1.29, 1.82) is 0 Å². The minimum atomic E-state index is -0.428. The summed E-state index contributed by atoms with van der Waals surface area (Å²) in [6.07, 6.45) is 1.24. The Morgan fingerprint density at radius 3 is 2.06 bits per heavy atom. The third-order valence-corrected chi connectivity index (χ3v) is 2.84. The molecule has 0 atom stereocenters. The van der Waals surface area contributed by atoms with Crippen LogP contribution < -0.4 is 0 Å². The number of ether oxygens (including phenoxy) is 1. The number of methoxy groups -OCH3 is 1. The van der Waals surface area contributed by atoms with Gasteiger partial charge in [0.15, 0.2) is 0 Å². The number of hydrogen-bond acceptors (Lipinski definition) is 3. The maximum atomic E-state index is 11.2. The number of aliphatic imine (C=N–C) groups is 1. The predicted octanol–water partition coefficient (Wildman–Crippen LogP) is 3.81. The third kappa shape index (κ3) is 3.42. The Hall–Kier alpha value is -1.64. The van der Waals surface area contributed by atoms with Crippen molar-refractivity contribution in [2.75, 3.05) is 7.11 Å². The van der Waals surface area contributed by atoms with Crippen molar-refractivity contribution < 1.29 is 9.53 Å². The predicted molar refractivity (Wildman–Crippen MR) is 74.8 cm³/mol. The van der Waals surface area contributed by atoms with Gasteiger partial charge in [0.1, 0.15) is 6.21 Å². The van der Waals surface area contributed by atoms with Gasteiger partial charge >= 0.3 is 5.97 Å². The van der Waals surface area contributed by atoms with Crippen LogP contribution in [0.2, 0.25) is 0 Å². The molecule has 0 N–H and O–H groups in total. The van der Waals surface area contributed by atoms with E-state index in [1.54, 1.807) is 0 Å². The van der Waals surface area contributed by atoms with Gasteiger partial charge in [0.05, 0.1) is 12.8 Å². The summed E-state index contributed by atoms with van der Waals surface area (Å²) in [5.41, 5.74) is 3.20. The summed E-state index contributed by atoms with van der Waals surface area (Å²) in [6, 6.07) is 6.16. The molecule has 0 aliphatic rings. The number of carbonyl (C=O) groups excluding carboxylic acids is 1. The Balaban J connectivity index is 3.27. The van der Waals surface area contributed by atoms with Gasteiger partial charge in [0, 0.05) is 0 Å². The van der Waals surface area contributed by atoms with Crippen LogP contribution in [-0.2, 0) is 9.53 Å². The average Bonchev–Trinajstić information content (AvgIpc) is 2.34. The quantitative estimate of drug-likeness (QED) is 0.599. The maximum absolute atomic E-state index is 11.2. The number of esters is 1. The lowest BCUT2D eigenvalue weighted by Gasteiger charge is -2.15. The Kier molecular flexibility index (Phi) is 5.08. The number of para-hydroxylation sites is 1.